The van der Waals surface area contributed by atoms with E-state index in [1.54, 1.807) is 0 Å². The number of rotatable bonds is 48. The summed E-state index contributed by atoms with van der Waals surface area (Å²) in [4.78, 5) is 12.4. The number of aliphatic hydroxyl groups is 2. The maximum atomic E-state index is 12.4. The van der Waals surface area contributed by atoms with Gasteiger partial charge in [0.2, 0.25) is 5.91 Å². The van der Waals surface area contributed by atoms with Crippen LogP contribution in [0.25, 0.3) is 0 Å². The van der Waals surface area contributed by atoms with Crippen LogP contribution in [0.1, 0.15) is 290 Å². The van der Waals surface area contributed by atoms with Gasteiger partial charge in [0, 0.05) is 6.42 Å². The van der Waals surface area contributed by atoms with Gasteiger partial charge < -0.3 is 15.5 Å². The Hall–Kier alpha value is -1.13. The van der Waals surface area contributed by atoms with E-state index in [1.165, 1.54) is 231 Å². The number of amides is 1. The first-order valence-electron chi connectivity index (χ1n) is 26.0. The van der Waals surface area contributed by atoms with Gasteiger partial charge in [-0.05, 0) is 44.9 Å². The van der Waals surface area contributed by atoms with Gasteiger partial charge in [0.05, 0.1) is 18.8 Å². The lowest BCUT2D eigenvalue weighted by atomic mass is 10.0. The van der Waals surface area contributed by atoms with Gasteiger partial charge in [-0.1, -0.05) is 263 Å². The summed E-state index contributed by atoms with van der Waals surface area (Å²) >= 11 is 0. The second-order valence-corrected chi connectivity index (χ2v) is 17.9. The summed E-state index contributed by atoms with van der Waals surface area (Å²) in [5.41, 5.74) is 0. The zero-order chi connectivity index (χ0) is 41.4. The zero-order valence-electron chi connectivity index (χ0n) is 38.9. The molecular weight excluding hydrogens is 699 g/mol. The quantitative estimate of drug-likeness (QED) is 0.0424. The third-order valence-corrected chi connectivity index (χ3v) is 12.2. The van der Waals surface area contributed by atoms with Crippen molar-refractivity contribution in [1.82, 2.24) is 5.32 Å². The lowest BCUT2D eigenvalue weighted by molar-refractivity contribution is -0.123. The Morgan fingerprint density at radius 1 is 0.421 bits per heavy atom. The normalized spacial score (nSPS) is 13.0. The molecule has 2 atom stereocenters. The van der Waals surface area contributed by atoms with E-state index in [4.69, 9.17) is 0 Å². The number of carbonyl (C=O) groups excluding carboxylic acids is 1. The van der Waals surface area contributed by atoms with Crippen molar-refractivity contribution < 1.29 is 15.0 Å². The number of hydrogen-bond acceptors (Lipinski definition) is 3. The molecule has 0 rings (SSSR count). The average molecular weight is 802 g/mol. The van der Waals surface area contributed by atoms with Crippen LogP contribution in [0.2, 0.25) is 0 Å². The highest BCUT2D eigenvalue weighted by Crippen LogP contribution is 2.17. The molecule has 4 nitrogen and oxygen atoms in total. The summed E-state index contributed by atoms with van der Waals surface area (Å²) in [6, 6.07) is -0.531. The maximum Gasteiger partial charge on any atom is 0.220 e. The lowest BCUT2D eigenvalue weighted by Crippen LogP contribution is -2.45. The Bertz CT molecular complexity index is 825. The molecule has 0 radical (unpaired) electrons. The molecule has 0 spiro atoms. The predicted octanol–water partition coefficient (Wildman–Crippen LogP) is 16.8. The molecule has 0 aliphatic carbocycles. The molecule has 0 aliphatic rings. The molecule has 0 saturated carbocycles. The van der Waals surface area contributed by atoms with Crippen LogP contribution in [0.5, 0.6) is 0 Å². The molecule has 0 aromatic rings. The van der Waals surface area contributed by atoms with Gasteiger partial charge in [0.25, 0.3) is 0 Å². The smallest absolute Gasteiger partial charge is 0.220 e. The summed E-state index contributed by atoms with van der Waals surface area (Å²) in [7, 11) is 0. The number of allylic oxidation sites excluding steroid dienone is 4. The summed E-state index contributed by atoms with van der Waals surface area (Å²) in [5.74, 6) is -0.0281. The topological polar surface area (TPSA) is 69.6 Å². The van der Waals surface area contributed by atoms with Crippen LogP contribution in [0.4, 0.5) is 0 Å². The van der Waals surface area contributed by atoms with Crippen LogP contribution >= 0.6 is 0 Å². The van der Waals surface area contributed by atoms with E-state index in [1.807, 2.05) is 0 Å². The zero-order valence-corrected chi connectivity index (χ0v) is 38.9. The highest BCUT2D eigenvalue weighted by Gasteiger charge is 2.20. The van der Waals surface area contributed by atoms with Crippen molar-refractivity contribution in [3.63, 3.8) is 0 Å². The monoisotopic (exact) mass is 802 g/mol. The molecule has 57 heavy (non-hydrogen) atoms. The fourth-order valence-corrected chi connectivity index (χ4v) is 8.22. The van der Waals surface area contributed by atoms with Crippen LogP contribution < -0.4 is 5.32 Å². The van der Waals surface area contributed by atoms with Crippen LogP contribution in [0.15, 0.2) is 24.3 Å². The van der Waals surface area contributed by atoms with Crippen molar-refractivity contribution in [2.24, 2.45) is 0 Å². The molecule has 0 saturated heterocycles. The van der Waals surface area contributed by atoms with Gasteiger partial charge >= 0.3 is 0 Å². The van der Waals surface area contributed by atoms with Crippen LogP contribution in [0.3, 0.4) is 0 Å². The summed E-state index contributed by atoms with van der Waals surface area (Å²) in [6.07, 6.45) is 64.5. The summed E-state index contributed by atoms with van der Waals surface area (Å²) in [6.45, 7) is 4.35. The van der Waals surface area contributed by atoms with E-state index in [-0.39, 0.29) is 12.5 Å². The molecule has 0 aromatic heterocycles. The first kappa shape index (κ1) is 55.9. The molecule has 0 bridgehead atoms. The number of carbonyl (C=O) groups is 1. The first-order valence-corrected chi connectivity index (χ1v) is 26.0. The summed E-state index contributed by atoms with van der Waals surface area (Å²) < 4.78 is 0. The highest BCUT2D eigenvalue weighted by atomic mass is 16.3. The Balaban J connectivity index is 3.35. The largest absolute Gasteiger partial charge is 0.394 e. The van der Waals surface area contributed by atoms with Crippen molar-refractivity contribution in [2.75, 3.05) is 6.61 Å². The standard InChI is InChI=1S/C53H103NO3/c1-3-5-7-9-11-13-15-16-17-18-19-20-21-22-23-24-25-26-27-28-29-30-31-32-33-34-35-36-37-38-39-41-43-45-47-49-53(57)54-51(50-55)52(56)48-46-44-42-40-14-12-10-8-6-4-2/h15-16,18-19,51-52,55-56H,3-14,17,20-50H2,1-2H3,(H,54,57)/b16-15-,19-18-. The predicted molar refractivity (Wildman–Crippen MR) is 253 cm³/mol. The Labute approximate surface area is 358 Å². The van der Waals surface area contributed by atoms with E-state index in [2.05, 4.69) is 43.5 Å². The molecule has 1 amide bonds. The van der Waals surface area contributed by atoms with Gasteiger partial charge in [-0.25, -0.2) is 0 Å². The molecule has 4 heteroatoms. The van der Waals surface area contributed by atoms with Crippen molar-refractivity contribution in [3.8, 4) is 0 Å². The van der Waals surface area contributed by atoms with Crippen LogP contribution in [-0.2, 0) is 4.79 Å². The molecule has 0 fully saturated rings. The van der Waals surface area contributed by atoms with E-state index in [0.29, 0.717) is 12.8 Å². The fraction of sp³-hybridized carbons (Fsp3) is 0.906. The van der Waals surface area contributed by atoms with E-state index in [9.17, 15) is 15.0 Å². The van der Waals surface area contributed by atoms with Gasteiger partial charge in [0.15, 0.2) is 0 Å². The number of unbranched alkanes of at least 4 members (excludes halogenated alkanes) is 37. The molecule has 0 aromatic carbocycles. The Morgan fingerprint density at radius 3 is 1.05 bits per heavy atom. The number of aliphatic hydroxyl groups excluding tert-OH is 2. The molecule has 338 valence electrons. The third kappa shape index (κ3) is 45.8. The molecule has 3 N–H and O–H groups in total. The van der Waals surface area contributed by atoms with Crippen LogP contribution in [-0.4, -0.2) is 34.9 Å². The van der Waals surface area contributed by atoms with E-state index < -0.39 is 12.1 Å². The fourth-order valence-electron chi connectivity index (χ4n) is 8.22. The first-order chi connectivity index (χ1) is 28.2. The Morgan fingerprint density at radius 2 is 0.719 bits per heavy atom. The molecule has 2 unspecified atom stereocenters. The second-order valence-electron chi connectivity index (χ2n) is 17.9. The van der Waals surface area contributed by atoms with Crippen molar-refractivity contribution in [3.05, 3.63) is 24.3 Å². The summed E-state index contributed by atoms with van der Waals surface area (Å²) in [5, 5.41) is 23.1. The molecule has 0 aliphatic heterocycles. The van der Waals surface area contributed by atoms with Gasteiger partial charge in [-0.15, -0.1) is 0 Å². The Kier molecular flexibility index (Phi) is 48.3. The molecular formula is C53H103NO3. The number of nitrogens with one attached hydrogen (secondary N) is 1. The van der Waals surface area contributed by atoms with Crippen molar-refractivity contribution >= 4 is 5.91 Å². The second kappa shape index (κ2) is 49.2. The SMILES string of the molecule is CCCCCCC/C=C\C/C=C\CCCCCCCCCCCCCCCCCCCCCCCCCC(=O)NC(CO)C(O)CCCCCCCCCCCC. The van der Waals surface area contributed by atoms with Crippen LogP contribution in [0, 0.1) is 0 Å². The minimum Gasteiger partial charge on any atom is -0.394 e. The van der Waals surface area contributed by atoms with Crippen molar-refractivity contribution in [2.45, 2.75) is 302 Å². The maximum absolute atomic E-state index is 12.4. The van der Waals surface area contributed by atoms with Gasteiger partial charge in [0.1, 0.15) is 0 Å². The van der Waals surface area contributed by atoms with Crippen molar-refractivity contribution in [1.29, 1.82) is 0 Å². The van der Waals surface area contributed by atoms with Gasteiger partial charge in [-0.3, -0.25) is 4.79 Å². The minimum absolute atomic E-state index is 0.0281. The number of hydrogen-bond donors (Lipinski definition) is 3. The van der Waals surface area contributed by atoms with E-state index >= 15 is 0 Å². The molecule has 0 heterocycles. The minimum atomic E-state index is -0.654. The lowest BCUT2D eigenvalue weighted by Gasteiger charge is -2.22. The van der Waals surface area contributed by atoms with E-state index in [0.717, 1.165) is 32.1 Å². The third-order valence-electron chi connectivity index (χ3n) is 12.2. The highest BCUT2D eigenvalue weighted by molar-refractivity contribution is 5.76. The van der Waals surface area contributed by atoms with Gasteiger partial charge in [-0.2, -0.15) is 0 Å². The average Bonchev–Trinajstić information content (AvgIpc) is 3.22.